The molecule has 0 saturated heterocycles. The molecule has 0 aliphatic heterocycles. The first kappa shape index (κ1) is 14.8. The van der Waals surface area contributed by atoms with Gasteiger partial charge < -0.3 is 19.3 Å². The van der Waals surface area contributed by atoms with Crippen LogP contribution in [0, 0.1) is 0 Å². The van der Waals surface area contributed by atoms with Gasteiger partial charge in [0.1, 0.15) is 23.0 Å². The standard InChI is InChI=1S/C17H18O4/c1-19-14-7-6-13(17(18)11-14)5-4-12-8-15(20-2)10-16(9-12)21-3/h4-11,18H,1-3H3/b5-4+. The lowest BCUT2D eigenvalue weighted by atomic mass is 10.1. The van der Waals surface area contributed by atoms with E-state index >= 15 is 0 Å². The molecule has 0 fully saturated rings. The van der Waals surface area contributed by atoms with Crippen molar-refractivity contribution in [3.8, 4) is 23.0 Å². The summed E-state index contributed by atoms with van der Waals surface area (Å²) >= 11 is 0. The Bertz CT molecular complexity index is 625. The highest BCUT2D eigenvalue weighted by Gasteiger charge is 2.02. The Morgan fingerprint density at radius 2 is 1.38 bits per heavy atom. The number of rotatable bonds is 5. The molecule has 2 aromatic rings. The van der Waals surface area contributed by atoms with E-state index in [0.29, 0.717) is 22.8 Å². The summed E-state index contributed by atoms with van der Waals surface area (Å²) in [6.07, 6.45) is 3.70. The van der Waals surface area contributed by atoms with Gasteiger partial charge in [0.25, 0.3) is 0 Å². The minimum atomic E-state index is 0.167. The first-order valence-corrected chi connectivity index (χ1v) is 6.44. The molecule has 0 aromatic heterocycles. The molecule has 2 rings (SSSR count). The Morgan fingerprint density at radius 3 is 1.90 bits per heavy atom. The Hall–Kier alpha value is -2.62. The highest BCUT2D eigenvalue weighted by atomic mass is 16.5. The highest BCUT2D eigenvalue weighted by Crippen LogP contribution is 2.27. The number of phenolic OH excluding ortho intramolecular Hbond substituents is 1. The zero-order chi connectivity index (χ0) is 15.2. The Morgan fingerprint density at radius 1 is 0.762 bits per heavy atom. The maximum atomic E-state index is 9.92. The molecular formula is C17H18O4. The molecule has 0 bridgehead atoms. The van der Waals surface area contributed by atoms with E-state index in [1.54, 1.807) is 39.5 Å². The van der Waals surface area contributed by atoms with E-state index in [9.17, 15) is 5.11 Å². The predicted octanol–water partition coefficient (Wildman–Crippen LogP) is 3.59. The number of aromatic hydroxyl groups is 1. The minimum absolute atomic E-state index is 0.167. The van der Waals surface area contributed by atoms with E-state index in [4.69, 9.17) is 14.2 Å². The molecule has 1 N–H and O–H groups in total. The molecule has 110 valence electrons. The van der Waals surface area contributed by atoms with Crippen LogP contribution in [0.2, 0.25) is 0 Å². The predicted molar refractivity (Wildman–Crippen MR) is 83.1 cm³/mol. The normalized spacial score (nSPS) is 10.6. The maximum Gasteiger partial charge on any atom is 0.126 e. The number of ether oxygens (including phenoxy) is 3. The Labute approximate surface area is 124 Å². The van der Waals surface area contributed by atoms with Crippen molar-refractivity contribution in [1.82, 2.24) is 0 Å². The van der Waals surface area contributed by atoms with Crippen LogP contribution in [0.1, 0.15) is 11.1 Å². The van der Waals surface area contributed by atoms with Gasteiger partial charge in [-0.2, -0.15) is 0 Å². The Balaban J connectivity index is 2.28. The van der Waals surface area contributed by atoms with Crippen molar-refractivity contribution >= 4 is 12.2 Å². The zero-order valence-electron chi connectivity index (χ0n) is 12.3. The third-order valence-corrected chi connectivity index (χ3v) is 3.07. The average Bonchev–Trinajstić information content (AvgIpc) is 2.53. The zero-order valence-corrected chi connectivity index (χ0v) is 12.3. The van der Waals surface area contributed by atoms with E-state index in [1.165, 1.54) is 0 Å². The molecule has 0 saturated carbocycles. The Kier molecular flexibility index (Phi) is 4.72. The number of methoxy groups -OCH3 is 3. The van der Waals surface area contributed by atoms with Crippen molar-refractivity contribution < 1.29 is 19.3 Å². The summed E-state index contributed by atoms with van der Waals surface area (Å²) in [5.74, 6) is 2.22. The van der Waals surface area contributed by atoms with Gasteiger partial charge in [-0.05, 0) is 29.8 Å². The number of hydrogen-bond acceptors (Lipinski definition) is 4. The molecule has 4 heteroatoms. The maximum absolute atomic E-state index is 9.92. The number of phenols is 1. The number of benzene rings is 2. The van der Waals surface area contributed by atoms with Gasteiger partial charge in [0.2, 0.25) is 0 Å². The van der Waals surface area contributed by atoms with Crippen LogP contribution >= 0.6 is 0 Å². The molecule has 0 unspecified atom stereocenters. The van der Waals surface area contributed by atoms with E-state index in [1.807, 2.05) is 30.4 Å². The van der Waals surface area contributed by atoms with Gasteiger partial charge in [0, 0.05) is 17.7 Å². The molecule has 0 radical (unpaired) electrons. The second-order valence-corrected chi connectivity index (χ2v) is 4.40. The summed E-state index contributed by atoms with van der Waals surface area (Å²) in [4.78, 5) is 0. The lowest BCUT2D eigenvalue weighted by molar-refractivity contribution is 0.394. The third kappa shape index (κ3) is 3.69. The average molecular weight is 286 g/mol. The van der Waals surface area contributed by atoms with E-state index in [0.717, 1.165) is 5.56 Å². The second-order valence-electron chi connectivity index (χ2n) is 4.40. The van der Waals surface area contributed by atoms with Crippen molar-refractivity contribution in [2.75, 3.05) is 21.3 Å². The first-order valence-electron chi connectivity index (χ1n) is 6.44. The largest absolute Gasteiger partial charge is 0.507 e. The van der Waals surface area contributed by atoms with Crippen LogP contribution in [0.5, 0.6) is 23.0 Å². The quantitative estimate of drug-likeness (QED) is 0.853. The van der Waals surface area contributed by atoms with E-state index < -0.39 is 0 Å². The summed E-state index contributed by atoms with van der Waals surface area (Å²) in [6, 6.07) is 10.8. The van der Waals surface area contributed by atoms with Crippen LogP contribution in [0.15, 0.2) is 36.4 Å². The molecule has 0 spiro atoms. The fraction of sp³-hybridized carbons (Fsp3) is 0.176. The molecular weight excluding hydrogens is 268 g/mol. The molecule has 0 aliphatic rings. The van der Waals surface area contributed by atoms with E-state index in [2.05, 4.69) is 0 Å². The molecule has 0 heterocycles. The molecule has 21 heavy (non-hydrogen) atoms. The van der Waals surface area contributed by atoms with Crippen molar-refractivity contribution in [2.24, 2.45) is 0 Å². The van der Waals surface area contributed by atoms with Gasteiger partial charge in [0.15, 0.2) is 0 Å². The SMILES string of the molecule is COc1cc(/C=C/c2ccc(OC)cc2O)cc(OC)c1. The molecule has 0 aliphatic carbocycles. The van der Waals surface area contributed by atoms with Gasteiger partial charge in [-0.25, -0.2) is 0 Å². The van der Waals surface area contributed by atoms with E-state index in [-0.39, 0.29) is 5.75 Å². The third-order valence-electron chi connectivity index (χ3n) is 3.07. The van der Waals surface area contributed by atoms with Crippen LogP contribution in [0.25, 0.3) is 12.2 Å². The summed E-state index contributed by atoms with van der Waals surface area (Å²) in [7, 11) is 4.78. The van der Waals surface area contributed by atoms with Crippen molar-refractivity contribution in [3.63, 3.8) is 0 Å². The van der Waals surface area contributed by atoms with Gasteiger partial charge in [-0.3, -0.25) is 0 Å². The van der Waals surface area contributed by atoms with Crippen molar-refractivity contribution in [2.45, 2.75) is 0 Å². The van der Waals surface area contributed by atoms with Crippen LogP contribution in [-0.4, -0.2) is 26.4 Å². The van der Waals surface area contributed by atoms with Crippen molar-refractivity contribution in [3.05, 3.63) is 47.5 Å². The molecule has 0 amide bonds. The number of hydrogen-bond donors (Lipinski definition) is 1. The first-order chi connectivity index (χ1) is 10.2. The van der Waals surface area contributed by atoms with Gasteiger partial charge in [-0.15, -0.1) is 0 Å². The summed E-state index contributed by atoms with van der Waals surface area (Å²) in [6.45, 7) is 0. The molecule has 2 aromatic carbocycles. The van der Waals surface area contributed by atoms with Crippen LogP contribution < -0.4 is 14.2 Å². The fourth-order valence-corrected chi connectivity index (χ4v) is 1.90. The molecule has 0 atom stereocenters. The summed E-state index contributed by atoms with van der Waals surface area (Å²) in [5, 5.41) is 9.92. The minimum Gasteiger partial charge on any atom is -0.507 e. The topological polar surface area (TPSA) is 47.9 Å². The van der Waals surface area contributed by atoms with Gasteiger partial charge >= 0.3 is 0 Å². The van der Waals surface area contributed by atoms with Crippen molar-refractivity contribution in [1.29, 1.82) is 0 Å². The second kappa shape index (κ2) is 6.70. The molecule has 4 nitrogen and oxygen atoms in total. The lowest BCUT2D eigenvalue weighted by Gasteiger charge is -2.06. The van der Waals surface area contributed by atoms with Crippen LogP contribution in [0.3, 0.4) is 0 Å². The van der Waals surface area contributed by atoms with Gasteiger partial charge in [-0.1, -0.05) is 12.2 Å². The highest BCUT2D eigenvalue weighted by molar-refractivity contribution is 5.74. The summed E-state index contributed by atoms with van der Waals surface area (Å²) < 4.78 is 15.5. The lowest BCUT2D eigenvalue weighted by Crippen LogP contribution is -1.88. The fourth-order valence-electron chi connectivity index (χ4n) is 1.90. The monoisotopic (exact) mass is 286 g/mol. The van der Waals surface area contributed by atoms with Gasteiger partial charge in [0.05, 0.1) is 21.3 Å². The summed E-state index contributed by atoms with van der Waals surface area (Å²) in [5.41, 5.74) is 1.62. The smallest absolute Gasteiger partial charge is 0.126 e. The van der Waals surface area contributed by atoms with Crippen LogP contribution in [0.4, 0.5) is 0 Å². The van der Waals surface area contributed by atoms with Crippen LogP contribution in [-0.2, 0) is 0 Å².